The van der Waals surface area contributed by atoms with Gasteiger partial charge in [-0.05, 0) is 19.4 Å². The molecular weight excluding hydrogens is 287 g/mol. The molecule has 0 aliphatic carbocycles. The van der Waals surface area contributed by atoms with Gasteiger partial charge in [-0.1, -0.05) is 12.1 Å². The van der Waals surface area contributed by atoms with Crippen molar-refractivity contribution in [1.29, 1.82) is 0 Å². The van der Waals surface area contributed by atoms with Gasteiger partial charge < -0.3 is 0 Å². The molecule has 9 heteroatoms. The topological polar surface area (TPSA) is 65.6 Å². The van der Waals surface area contributed by atoms with E-state index in [2.05, 4.69) is 15.4 Å². The predicted octanol–water partition coefficient (Wildman–Crippen LogP) is 1.85. The summed E-state index contributed by atoms with van der Waals surface area (Å²) in [6.45, 7) is 4.72. The largest absolute Gasteiger partial charge is 0.456 e. The number of carbonyl (C=O) groups excluding carboxylic acids is 1. The summed E-state index contributed by atoms with van der Waals surface area (Å²) < 4.78 is 39.8. The summed E-state index contributed by atoms with van der Waals surface area (Å²) in [6.07, 6.45) is -3.19. The highest BCUT2D eigenvalue weighted by Gasteiger charge is 2.41. The second-order valence-corrected chi connectivity index (χ2v) is 4.42. The highest BCUT2D eigenvalue weighted by Crippen LogP contribution is 2.20. The lowest BCUT2D eigenvalue weighted by atomic mass is 10.3. The number of hydrogen-bond donors (Lipinski definition) is 0. The molecule has 0 N–H and O–H groups in total. The number of Topliss-reactive ketones (excluding diaryl/α,β-unsaturated/α-hetero) is 1. The van der Waals surface area contributed by atoms with E-state index in [-0.39, 0.29) is 6.54 Å². The third kappa shape index (κ3) is 3.29. The maximum absolute atomic E-state index is 12.3. The van der Waals surface area contributed by atoms with Gasteiger partial charge in [-0.25, -0.2) is 4.68 Å². The molecule has 0 bridgehead atoms. The lowest BCUT2D eigenvalue weighted by Gasteiger charge is -2.03. The molecule has 2 heterocycles. The standard InChI is InChI=1S/C12H14F3N5O/c1-3-8-5-9(20(4-2)17-8)6-19-7-10(16-18-19)11(21)12(13,14)15/h5,7H,3-4,6H2,1-2H3. The van der Waals surface area contributed by atoms with Crippen molar-refractivity contribution in [3.8, 4) is 0 Å². The van der Waals surface area contributed by atoms with Crippen LogP contribution < -0.4 is 0 Å². The lowest BCUT2D eigenvalue weighted by Crippen LogP contribution is -2.23. The molecule has 0 radical (unpaired) electrons. The molecule has 6 nitrogen and oxygen atoms in total. The Morgan fingerprint density at radius 2 is 2.05 bits per heavy atom. The summed E-state index contributed by atoms with van der Waals surface area (Å²) in [5.74, 6) is -1.99. The fraction of sp³-hybridized carbons (Fsp3) is 0.500. The smallest absolute Gasteiger partial charge is 0.282 e. The number of halogens is 3. The third-order valence-corrected chi connectivity index (χ3v) is 2.93. The maximum Gasteiger partial charge on any atom is 0.456 e. The molecule has 2 aromatic heterocycles. The van der Waals surface area contributed by atoms with Crippen molar-refractivity contribution in [2.75, 3.05) is 0 Å². The average molecular weight is 301 g/mol. The van der Waals surface area contributed by atoms with Crippen LogP contribution in [0.1, 0.15) is 35.7 Å². The molecular formula is C12H14F3N5O. The van der Waals surface area contributed by atoms with Crippen molar-refractivity contribution < 1.29 is 18.0 Å². The van der Waals surface area contributed by atoms with E-state index in [0.717, 1.165) is 24.0 Å². The lowest BCUT2D eigenvalue weighted by molar-refractivity contribution is -0.0888. The Morgan fingerprint density at radius 3 is 2.62 bits per heavy atom. The molecule has 0 fully saturated rings. The molecule has 2 rings (SSSR count). The highest BCUT2D eigenvalue weighted by atomic mass is 19.4. The molecule has 0 spiro atoms. The van der Waals surface area contributed by atoms with Crippen LogP contribution in [-0.4, -0.2) is 36.7 Å². The second kappa shape index (κ2) is 5.66. The van der Waals surface area contributed by atoms with Crippen molar-refractivity contribution in [3.05, 3.63) is 29.3 Å². The van der Waals surface area contributed by atoms with Crippen LogP contribution in [-0.2, 0) is 19.5 Å². The van der Waals surface area contributed by atoms with Crippen molar-refractivity contribution >= 4 is 5.78 Å². The van der Waals surface area contributed by atoms with Gasteiger partial charge in [-0.15, -0.1) is 5.10 Å². The van der Waals surface area contributed by atoms with Gasteiger partial charge in [0.2, 0.25) is 0 Å². The summed E-state index contributed by atoms with van der Waals surface area (Å²) in [4.78, 5) is 11.0. The van der Waals surface area contributed by atoms with E-state index >= 15 is 0 Å². The van der Waals surface area contributed by atoms with Gasteiger partial charge in [0.1, 0.15) is 0 Å². The molecule has 0 saturated heterocycles. The molecule has 21 heavy (non-hydrogen) atoms. The fourth-order valence-electron chi connectivity index (χ4n) is 1.88. The maximum atomic E-state index is 12.3. The quantitative estimate of drug-likeness (QED) is 0.791. The van der Waals surface area contributed by atoms with Crippen LogP contribution in [0, 0.1) is 0 Å². The zero-order chi connectivity index (χ0) is 15.6. The first kappa shape index (κ1) is 15.2. The number of ketones is 1. The summed E-state index contributed by atoms with van der Waals surface area (Å²) in [5.41, 5.74) is 0.976. The van der Waals surface area contributed by atoms with Crippen LogP contribution in [0.3, 0.4) is 0 Å². The van der Waals surface area contributed by atoms with Gasteiger partial charge >= 0.3 is 6.18 Å². The van der Waals surface area contributed by atoms with Gasteiger partial charge in [0, 0.05) is 6.54 Å². The Kier molecular flexibility index (Phi) is 4.10. The third-order valence-electron chi connectivity index (χ3n) is 2.93. The molecule has 0 aromatic carbocycles. The highest BCUT2D eigenvalue weighted by molar-refractivity contribution is 5.98. The zero-order valence-corrected chi connectivity index (χ0v) is 11.6. The minimum absolute atomic E-state index is 0.207. The van der Waals surface area contributed by atoms with Crippen molar-refractivity contribution in [2.45, 2.75) is 39.5 Å². The molecule has 2 aromatic rings. The summed E-state index contributed by atoms with van der Waals surface area (Å²) in [6, 6.07) is 1.86. The van der Waals surface area contributed by atoms with Crippen LogP contribution in [0.25, 0.3) is 0 Å². The Labute approximate surface area is 118 Å². The van der Waals surface area contributed by atoms with Crippen LogP contribution in [0.4, 0.5) is 13.2 Å². The first-order valence-corrected chi connectivity index (χ1v) is 6.42. The fourth-order valence-corrected chi connectivity index (χ4v) is 1.88. The van der Waals surface area contributed by atoms with E-state index in [9.17, 15) is 18.0 Å². The molecule has 0 aliphatic rings. The first-order valence-electron chi connectivity index (χ1n) is 6.42. The second-order valence-electron chi connectivity index (χ2n) is 4.42. The van der Waals surface area contributed by atoms with E-state index in [4.69, 9.17) is 0 Å². The minimum atomic E-state index is -4.94. The number of aromatic nitrogens is 5. The Morgan fingerprint density at radius 1 is 1.33 bits per heavy atom. The van der Waals surface area contributed by atoms with Gasteiger partial charge in [-0.2, -0.15) is 18.3 Å². The first-order chi connectivity index (χ1) is 9.85. The Balaban J connectivity index is 2.20. The van der Waals surface area contributed by atoms with Gasteiger partial charge in [0.15, 0.2) is 5.69 Å². The van der Waals surface area contributed by atoms with E-state index in [1.807, 2.05) is 19.9 Å². The summed E-state index contributed by atoms with van der Waals surface area (Å²) >= 11 is 0. The van der Waals surface area contributed by atoms with Crippen LogP contribution in [0.15, 0.2) is 12.3 Å². The van der Waals surface area contributed by atoms with Crippen molar-refractivity contribution in [2.24, 2.45) is 0 Å². The number of rotatable bonds is 5. The Bertz CT molecular complexity index is 644. The van der Waals surface area contributed by atoms with E-state index in [1.165, 1.54) is 4.68 Å². The number of nitrogens with zero attached hydrogens (tertiary/aromatic N) is 5. The minimum Gasteiger partial charge on any atom is -0.282 e. The van der Waals surface area contributed by atoms with E-state index in [0.29, 0.717) is 6.54 Å². The summed E-state index contributed by atoms with van der Waals surface area (Å²) in [5, 5.41) is 11.2. The van der Waals surface area contributed by atoms with Gasteiger partial charge in [-0.3, -0.25) is 9.48 Å². The molecule has 0 atom stereocenters. The SMILES string of the molecule is CCc1cc(Cn2cc(C(=O)C(F)(F)F)nn2)n(CC)n1. The molecule has 0 saturated carbocycles. The number of carbonyl (C=O) groups is 1. The van der Waals surface area contributed by atoms with E-state index < -0.39 is 17.7 Å². The Hall–Kier alpha value is -2.19. The molecule has 0 amide bonds. The van der Waals surface area contributed by atoms with Crippen molar-refractivity contribution in [3.63, 3.8) is 0 Å². The van der Waals surface area contributed by atoms with Crippen LogP contribution in [0.5, 0.6) is 0 Å². The average Bonchev–Trinajstić information content (AvgIpc) is 3.03. The summed E-state index contributed by atoms with van der Waals surface area (Å²) in [7, 11) is 0. The van der Waals surface area contributed by atoms with Gasteiger partial charge in [0.25, 0.3) is 5.78 Å². The number of aryl methyl sites for hydroxylation is 2. The number of alkyl halides is 3. The van der Waals surface area contributed by atoms with Crippen LogP contribution in [0.2, 0.25) is 0 Å². The monoisotopic (exact) mass is 301 g/mol. The molecule has 0 unspecified atom stereocenters. The molecule has 114 valence electrons. The predicted molar refractivity (Wildman–Crippen MR) is 66.8 cm³/mol. The van der Waals surface area contributed by atoms with E-state index in [1.54, 1.807) is 4.68 Å². The zero-order valence-electron chi connectivity index (χ0n) is 11.6. The van der Waals surface area contributed by atoms with Crippen LogP contribution >= 0.6 is 0 Å². The van der Waals surface area contributed by atoms with Gasteiger partial charge in [0.05, 0.1) is 24.1 Å². The number of hydrogen-bond acceptors (Lipinski definition) is 4. The normalized spacial score (nSPS) is 11.9. The van der Waals surface area contributed by atoms with Crippen molar-refractivity contribution in [1.82, 2.24) is 24.8 Å². The molecule has 0 aliphatic heterocycles.